The lowest BCUT2D eigenvalue weighted by Crippen LogP contribution is -2.63. The number of benzene rings is 3. The topological polar surface area (TPSA) is 58.6 Å². The van der Waals surface area contributed by atoms with E-state index in [1.165, 1.54) is 0 Å². The van der Waals surface area contributed by atoms with Crippen LogP contribution >= 0.6 is 0 Å². The van der Waals surface area contributed by atoms with Crippen molar-refractivity contribution in [3.05, 3.63) is 95.1 Å². The van der Waals surface area contributed by atoms with E-state index in [-0.39, 0.29) is 11.8 Å². The highest BCUT2D eigenvalue weighted by Gasteiger charge is 2.47. The first-order valence-electron chi connectivity index (χ1n) is 10.3. The van der Waals surface area contributed by atoms with E-state index in [0.29, 0.717) is 24.3 Å². The Bertz CT molecular complexity index is 1140. The van der Waals surface area contributed by atoms with E-state index in [1.807, 2.05) is 86.6 Å². The summed E-state index contributed by atoms with van der Waals surface area (Å²) in [4.78, 5) is 28.8. The van der Waals surface area contributed by atoms with E-state index in [9.17, 15) is 9.59 Å². The lowest BCUT2D eigenvalue weighted by Gasteiger charge is -2.44. The Kier molecular flexibility index (Phi) is 5.51. The Balaban J connectivity index is 1.71. The monoisotopic (exact) mass is 414 g/mol. The fourth-order valence-electron chi connectivity index (χ4n) is 4.24. The molecule has 1 aliphatic heterocycles. The summed E-state index contributed by atoms with van der Waals surface area (Å²) in [6, 6.07) is 22.8. The second kappa shape index (κ2) is 8.26. The molecule has 5 heteroatoms. The lowest BCUT2D eigenvalue weighted by molar-refractivity contribution is -0.126. The van der Waals surface area contributed by atoms with E-state index >= 15 is 0 Å². The van der Waals surface area contributed by atoms with E-state index < -0.39 is 5.54 Å². The second-order valence-corrected chi connectivity index (χ2v) is 8.08. The van der Waals surface area contributed by atoms with Gasteiger partial charge in [-0.2, -0.15) is 0 Å². The van der Waals surface area contributed by atoms with Gasteiger partial charge >= 0.3 is 0 Å². The minimum Gasteiger partial charge on any atom is -0.496 e. The zero-order chi connectivity index (χ0) is 22.0. The third-order valence-corrected chi connectivity index (χ3v) is 5.86. The Morgan fingerprint density at radius 1 is 1.06 bits per heavy atom. The van der Waals surface area contributed by atoms with Crippen LogP contribution in [0.4, 0.5) is 5.69 Å². The van der Waals surface area contributed by atoms with Crippen molar-refractivity contribution in [2.75, 3.05) is 12.0 Å². The number of carbonyl (C=O) groups excluding carboxylic acids is 2. The molecule has 1 atom stereocenters. The Labute approximate surface area is 182 Å². The van der Waals surface area contributed by atoms with Crippen molar-refractivity contribution in [1.29, 1.82) is 0 Å². The smallest absolute Gasteiger partial charge is 0.259 e. The zero-order valence-electron chi connectivity index (χ0n) is 18.0. The van der Waals surface area contributed by atoms with Crippen LogP contribution in [0.2, 0.25) is 0 Å². The molecule has 0 saturated carbocycles. The van der Waals surface area contributed by atoms with Crippen LogP contribution in [0.25, 0.3) is 0 Å². The number of para-hydroxylation sites is 1. The third kappa shape index (κ3) is 3.79. The van der Waals surface area contributed by atoms with E-state index in [1.54, 1.807) is 12.0 Å². The van der Waals surface area contributed by atoms with Crippen molar-refractivity contribution in [3.63, 3.8) is 0 Å². The summed E-state index contributed by atoms with van der Waals surface area (Å²) in [6.45, 7) is 4.13. The molecular formula is C26H26N2O3. The van der Waals surface area contributed by atoms with Crippen LogP contribution < -0.4 is 15.0 Å². The standard InChI is InChI=1S/C26H26N2O3/c1-18-9-8-12-21(15-18)28-24(29)22-13-6-4-10-19(22)16-26(28,2)25(30)27-17-20-11-5-7-14-23(20)31-3/h4-15H,16-17H2,1-3H3,(H,27,30)/t26-/m1/s1. The molecule has 1 N–H and O–H groups in total. The normalized spacial score (nSPS) is 17.8. The van der Waals surface area contributed by atoms with Crippen molar-refractivity contribution < 1.29 is 14.3 Å². The van der Waals surface area contributed by atoms with Crippen LogP contribution in [0.3, 0.4) is 0 Å². The van der Waals surface area contributed by atoms with Gasteiger partial charge in [0.1, 0.15) is 11.3 Å². The van der Waals surface area contributed by atoms with Crippen LogP contribution in [0, 0.1) is 6.92 Å². The minimum absolute atomic E-state index is 0.164. The molecule has 0 unspecified atom stereocenters. The summed E-state index contributed by atoms with van der Waals surface area (Å²) < 4.78 is 5.40. The van der Waals surface area contributed by atoms with Crippen LogP contribution in [0.1, 0.15) is 34.0 Å². The number of nitrogens with one attached hydrogen (secondary N) is 1. The molecular weight excluding hydrogens is 388 g/mol. The highest BCUT2D eigenvalue weighted by Crippen LogP contribution is 2.36. The minimum atomic E-state index is -1.07. The summed E-state index contributed by atoms with van der Waals surface area (Å²) in [6.07, 6.45) is 0.431. The van der Waals surface area contributed by atoms with Gasteiger partial charge in [-0.3, -0.25) is 14.5 Å². The number of amides is 2. The molecule has 0 aromatic heterocycles. The molecule has 158 valence electrons. The predicted molar refractivity (Wildman–Crippen MR) is 121 cm³/mol. The van der Waals surface area contributed by atoms with Gasteiger partial charge < -0.3 is 10.1 Å². The highest BCUT2D eigenvalue weighted by atomic mass is 16.5. The zero-order valence-corrected chi connectivity index (χ0v) is 18.0. The maximum absolute atomic E-state index is 13.6. The van der Waals surface area contributed by atoms with E-state index in [2.05, 4.69) is 5.32 Å². The number of aryl methyl sites for hydroxylation is 1. The molecule has 1 aliphatic rings. The number of anilines is 1. The quantitative estimate of drug-likeness (QED) is 0.678. The summed E-state index contributed by atoms with van der Waals surface area (Å²) in [5.41, 5.74) is 3.08. The number of nitrogens with zero attached hydrogens (tertiary/aromatic N) is 1. The van der Waals surface area contributed by atoms with Gasteiger partial charge in [-0.1, -0.05) is 48.5 Å². The van der Waals surface area contributed by atoms with Gasteiger partial charge in [0.2, 0.25) is 5.91 Å². The Morgan fingerprint density at radius 2 is 1.81 bits per heavy atom. The molecule has 0 spiro atoms. The van der Waals surface area contributed by atoms with Crippen LogP contribution in [-0.2, 0) is 17.8 Å². The molecule has 2 amide bonds. The van der Waals surface area contributed by atoms with Gasteiger partial charge in [0.15, 0.2) is 0 Å². The first-order valence-corrected chi connectivity index (χ1v) is 10.3. The van der Waals surface area contributed by atoms with Gasteiger partial charge in [0.05, 0.1) is 7.11 Å². The largest absolute Gasteiger partial charge is 0.496 e. The van der Waals surface area contributed by atoms with Crippen molar-refractivity contribution in [2.45, 2.75) is 32.4 Å². The first kappa shape index (κ1) is 20.7. The molecule has 0 aliphatic carbocycles. The van der Waals surface area contributed by atoms with Gasteiger partial charge in [-0.25, -0.2) is 0 Å². The SMILES string of the molecule is COc1ccccc1CNC(=O)[C@@]1(C)Cc2ccccc2C(=O)N1c1cccc(C)c1. The summed E-state index contributed by atoms with van der Waals surface area (Å²) >= 11 is 0. The molecule has 3 aromatic rings. The number of carbonyl (C=O) groups is 2. The molecule has 31 heavy (non-hydrogen) atoms. The number of ether oxygens (including phenoxy) is 1. The lowest BCUT2D eigenvalue weighted by atomic mass is 9.82. The number of hydrogen-bond acceptors (Lipinski definition) is 3. The van der Waals surface area contributed by atoms with Crippen LogP contribution in [0.15, 0.2) is 72.8 Å². The molecule has 4 rings (SSSR count). The van der Waals surface area contributed by atoms with Gasteiger partial charge in [-0.15, -0.1) is 0 Å². The number of rotatable bonds is 5. The van der Waals surface area contributed by atoms with Crippen LogP contribution in [0.5, 0.6) is 5.75 Å². The average Bonchev–Trinajstić information content (AvgIpc) is 2.77. The van der Waals surface area contributed by atoms with Gasteiger partial charge in [-0.05, 0) is 49.2 Å². The maximum Gasteiger partial charge on any atom is 0.259 e. The van der Waals surface area contributed by atoms with Crippen molar-refractivity contribution in [3.8, 4) is 5.75 Å². The molecule has 5 nitrogen and oxygen atoms in total. The summed E-state index contributed by atoms with van der Waals surface area (Å²) in [5, 5.41) is 3.04. The highest BCUT2D eigenvalue weighted by molar-refractivity contribution is 6.14. The fraction of sp³-hybridized carbons (Fsp3) is 0.231. The average molecular weight is 415 g/mol. The Morgan fingerprint density at radius 3 is 2.58 bits per heavy atom. The van der Waals surface area contributed by atoms with Crippen molar-refractivity contribution in [2.24, 2.45) is 0 Å². The Hall–Kier alpha value is -3.60. The second-order valence-electron chi connectivity index (χ2n) is 8.08. The molecule has 0 bridgehead atoms. The molecule has 0 fully saturated rings. The summed E-state index contributed by atoms with van der Waals surface area (Å²) in [7, 11) is 1.61. The van der Waals surface area contributed by atoms with Crippen LogP contribution in [-0.4, -0.2) is 24.5 Å². The predicted octanol–water partition coefficient (Wildman–Crippen LogP) is 4.28. The van der Waals surface area contributed by atoms with Gasteiger partial charge in [0, 0.05) is 29.8 Å². The number of methoxy groups -OCH3 is 1. The summed E-state index contributed by atoms with van der Waals surface area (Å²) in [5.74, 6) is 0.346. The van der Waals surface area contributed by atoms with E-state index in [0.717, 1.165) is 22.4 Å². The number of fused-ring (bicyclic) bond motifs is 1. The van der Waals surface area contributed by atoms with Crippen molar-refractivity contribution in [1.82, 2.24) is 5.32 Å². The van der Waals surface area contributed by atoms with Gasteiger partial charge in [0.25, 0.3) is 5.91 Å². The molecule has 3 aromatic carbocycles. The number of hydrogen-bond donors (Lipinski definition) is 1. The fourth-order valence-corrected chi connectivity index (χ4v) is 4.24. The molecule has 0 saturated heterocycles. The van der Waals surface area contributed by atoms with E-state index in [4.69, 9.17) is 4.74 Å². The van der Waals surface area contributed by atoms with Crippen molar-refractivity contribution >= 4 is 17.5 Å². The molecule has 1 heterocycles. The third-order valence-electron chi connectivity index (χ3n) is 5.86. The molecule has 0 radical (unpaired) electrons. The maximum atomic E-state index is 13.6. The first-order chi connectivity index (χ1) is 14.9.